The van der Waals surface area contributed by atoms with Gasteiger partial charge in [0, 0.05) is 22.3 Å². The predicted molar refractivity (Wildman–Crippen MR) is 169 cm³/mol. The first-order valence-electron chi connectivity index (χ1n) is 13.8. The Balaban J connectivity index is 1.53. The lowest BCUT2D eigenvalue weighted by Gasteiger charge is -2.14. The maximum atomic E-state index is 7.07. The molecular formula is C39H26O. The van der Waals surface area contributed by atoms with Crippen molar-refractivity contribution < 1.29 is 4.42 Å². The molecule has 40 heavy (non-hydrogen) atoms. The molecule has 1 aromatic heterocycles. The van der Waals surface area contributed by atoms with Gasteiger partial charge in [0.2, 0.25) is 0 Å². The third-order valence-corrected chi connectivity index (χ3v) is 8.09. The zero-order valence-corrected chi connectivity index (χ0v) is 22.2. The summed E-state index contributed by atoms with van der Waals surface area (Å²) in [5.41, 5.74) is 7.94. The second kappa shape index (κ2) is 8.97. The summed E-state index contributed by atoms with van der Waals surface area (Å²) in [6.45, 7) is 2.13. The molecule has 7 aromatic carbocycles. The van der Waals surface area contributed by atoms with Crippen LogP contribution in [0.4, 0.5) is 0 Å². The number of aryl methyl sites for hydroxylation is 1. The van der Waals surface area contributed by atoms with E-state index in [2.05, 4.69) is 146 Å². The average molecular weight is 511 g/mol. The lowest BCUT2D eigenvalue weighted by molar-refractivity contribution is 0.599. The first-order chi connectivity index (χ1) is 19.8. The Morgan fingerprint density at radius 2 is 0.975 bits per heavy atom. The van der Waals surface area contributed by atoms with E-state index in [1.807, 2.05) is 0 Å². The lowest BCUT2D eigenvalue weighted by atomic mass is 9.88. The first kappa shape index (κ1) is 22.8. The Kier molecular flexibility index (Phi) is 5.11. The van der Waals surface area contributed by atoms with E-state index in [1.165, 1.54) is 37.9 Å². The van der Waals surface area contributed by atoms with Crippen molar-refractivity contribution in [3.05, 3.63) is 145 Å². The van der Waals surface area contributed by atoms with Gasteiger partial charge in [-0.1, -0.05) is 133 Å². The number of hydrogen-bond donors (Lipinski definition) is 0. The molecule has 0 saturated carbocycles. The fraction of sp³-hybridized carbons (Fsp3) is 0.0256. The average Bonchev–Trinajstić information content (AvgIpc) is 3.41. The molecule has 0 aliphatic carbocycles. The van der Waals surface area contributed by atoms with E-state index < -0.39 is 0 Å². The van der Waals surface area contributed by atoms with Crippen molar-refractivity contribution in [1.82, 2.24) is 0 Å². The molecular weight excluding hydrogens is 484 g/mol. The van der Waals surface area contributed by atoms with Gasteiger partial charge in [0.1, 0.15) is 11.5 Å². The highest BCUT2D eigenvalue weighted by Crippen LogP contribution is 2.50. The summed E-state index contributed by atoms with van der Waals surface area (Å²) in [4.78, 5) is 0. The van der Waals surface area contributed by atoms with E-state index in [9.17, 15) is 0 Å². The van der Waals surface area contributed by atoms with Crippen LogP contribution in [-0.2, 0) is 0 Å². The highest BCUT2D eigenvalue weighted by Gasteiger charge is 2.26. The summed E-state index contributed by atoms with van der Waals surface area (Å²) >= 11 is 0. The van der Waals surface area contributed by atoms with Crippen LogP contribution in [0.15, 0.2) is 144 Å². The van der Waals surface area contributed by atoms with Crippen molar-refractivity contribution in [1.29, 1.82) is 0 Å². The predicted octanol–water partition coefficient (Wildman–Crippen LogP) is 11.2. The fourth-order valence-corrected chi connectivity index (χ4v) is 6.30. The van der Waals surface area contributed by atoms with Crippen molar-refractivity contribution in [3.8, 4) is 44.9 Å². The van der Waals surface area contributed by atoms with Crippen LogP contribution in [0.5, 0.6) is 0 Å². The molecule has 0 radical (unpaired) electrons. The zero-order chi connectivity index (χ0) is 26.6. The normalized spacial score (nSPS) is 11.6. The minimum Gasteiger partial charge on any atom is -0.455 e. The van der Waals surface area contributed by atoms with Crippen LogP contribution >= 0.6 is 0 Å². The molecule has 0 aliphatic rings. The van der Waals surface area contributed by atoms with Crippen molar-refractivity contribution in [2.45, 2.75) is 6.92 Å². The van der Waals surface area contributed by atoms with Crippen LogP contribution < -0.4 is 0 Å². The number of furan rings is 1. The van der Waals surface area contributed by atoms with Crippen molar-refractivity contribution in [3.63, 3.8) is 0 Å². The van der Waals surface area contributed by atoms with Gasteiger partial charge < -0.3 is 4.42 Å². The molecule has 0 spiro atoms. The van der Waals surface area contributed by atoms with Crippen LogP contribution in [-0.4, -0.2) is 0 Å². The van der Waals surface area contributed by atoms with E-state index in [0.29, 0.717) is 0 Å². The second-order valence-electron chi connectivity index (χ2n) is 10.6. The largest absolute Gasteiger partial charge is 0.455 e. The molecule has 1 heterocycles. The summed E-state index contributed by atoms with van der Waals surface area (Å²) in [7, 11) is 0. The molecule has 0 amide bonds. The van der Waals surface area contributed by atoms with Crippen LogP contribution in [0.25, 0.3) is 77.2 Å². The maximum Gasteiger partial charge on any atom is 0.143 e. The SMILES string of the molecule is Cc1cccc(-c2oc(-c3ccc4ccc5cccc6ccc3c4c56)c(-c3ccccc3)c2-c2ccccc2)c1. The van der Waals surface area contributed by atoms with Crippen molar-refractivity contribution in [2.24, 2.45) is 0 Å². The molecule has 0 bridgehead atoms. The fourth-order valence-electron chi connectivity index (χ4n) is 6.30. The van der Waals surface area contributed by atoms with Gasteiger partial charge >= 0.3 is 0 Å². The Hall–Kier alpha value is -5.14. The molecule has 0 atom stereocenters. The highest BCUT2D eigenvalue weighted by molar-refractivity contribution is 6.25. The van der Waals surface area contributed by atoms with Crippen molar-refractivity contribution >= 4 is 32.3 Å². The van der Waals surface area contributed by atoms with Crippen molar-refractivity contribution in [2.75, 3.05) is 0 Å². The van der Waals surface area contributed by atoms with Crippen LogP contribution in [0, 0.1) is 6.92 Å². The molecule has 0 fully saturated rings. The summed E-state index contributed by atoms with van der Waals surface area (Å²) in [5, 5.41) is 7.60. The number of rotatable bonds is 4. The van der Waals surface area contributed by atoms with E-state index in [1.54, 1.807) is 0 Å². The van der Waals surface area contributed by atoms with Gasteiger partial charge in [0.15, 0.2) is 0 Å². The van der Waals surface area contributed by atoms with Gasteiger partial charge in [-0.2, -0.15) is 0 Å². The van der Waals surface area contributed by atoms with Crippen LogP contribution in [0.3, 0.4) is 0 Å². The minimum absolute atomic E-state index is 0.898. The van der Waals surface area contributed by atoms with Gasteiger partial charge in [-0.15, -0.1) is 0 Å². The van der Waals surface area contributed by atoms with Gasteiger partial charge in [-0.3, -0.25) is 0 Å². The minimum atomic E-state index is 0.898. The third kappa shape index (κ3) is 3.48. The molecule has 8 rings (SSSR count). The molecule has 0 saturated heterocycles. The van der Waals surface area contributed by atoms with E-state index >= 15 is 0 Å². The van der Waals surface area contributed by atoms with Gasteiger partial charge in [-0.05, 0) is 62.5 Å². The summed E-state index contributed by atoms with van der Waals surface area (Å²) < 4.78 is 7.07. The molecule has 1 heteroatoms. The van der Waals surface area contributed by atoms with Gasteiger partial charge in [-0.25, -0.2) is 0 Å². The highest BCUT2D eigenvalue weighted by atomic mass is 16.3. The van der Waals surface area contributed by atoms with E-state index in [-0.39, 0.29) is 0 Å². The molecule has 188 valence electrons. The second-order valence-corrected chi connectivity index (χ2v) is 10.6. The zero-order valence-electron chi connectivity index (χ0n) is 22.2. The van der Waals surface area contributed by atoms with Crippen LogP contribution in [0.1, 0.15) is 5.56 Å². The van der Waals surface area contributed by atoms with E-state index in [0.717, 1.165) is 44.9 Å². The van der Waals surface area contributed by atoms with Crippen LogP contribution in [0.2, 0.25) is 0 Å². The van der Waals surface area contributed by atoms with E-state index in [4.69, 9.17) is 4.42 Å². The Morgan fingerprint density at radius 1 is 0.425 bits per heavy atom. The molecule has 1 nitrogen and oxygen atoms in total. The number of benzene rings is 7. The first-order valence-corrected chi connectivity index (χ1v) is 13.8. The number of hydrogen-bond acceptors (Lipinski definition) is 1. The molecule has 8 aromatic rings. The molecule has 0 aliphatic heterocycles. The third-order valence-electron chi connectivity index (χ3n) is 8.09. The van der Waals surface area contributed by atoms with Gasteiger partial charge in [0.05, 0.1) is 0 Å². The standard InChI is InChI=1S/C39H26O/c1-25-10-8-17-31(24-25)38-36(26-11-4-2-5-12-26)37(27-13-6-3-7-14-27)39(40-38)33-23-21-30-19-18-28-15-9-16-29-20-22-32(33)35(30)34(28)29/h2-24H,1H3. The lowest BCUT2D eigenvalue weighted by Crippen LogP contribution is -1.88. The monoisotopic (exact) mass is 510 g/mol. The van der Waals surface area contributed by atoms with Gasteiger partial charge in [0.25, 0.3) is 0 Å². The molecule has 0 unspecified atom stereocenters. The maximum absolute atomic E-state index is 7.07. The Bertz CT molecular complexity index is 2130. The summed E-state index contributed by atoms with van der Waals surface area (Å²) in [5.74, 6) is 1.80. The smallest absolute Gasteiger partial charge is 0.143 e. The molecule has 0 N–H and O–H groups in total. The summed E-state index contributed by atoms with van der Waals surface area (Å²) in [6, 6.07) is 50.0. The topological polar surface area (TPSA) is 13.1 Å². The Morgan fingerprint density at radius 3 is 1.65 bits per heavy atom. The quantitative estimate of drug-likeness (QED) is 0.215. The Labute approximate surface area is 233 Å². The summed E-state index contributed by atoms with van der Waals surface area (Å²) in [6.07, 6.45) is 0.